The van der Waals surface area contributed by atoms with E-state index in [9.17, 15) is 9.59 Å². The van der Waals surface area contributed by atoms with E-state index in [4.69, 9.17) is 10.5 Å². The van der Waals surface area contributed by atoms with Crippen LogP contribution in [0.4, 0.5) is 10.5 Å². The highest BCUT2D eigenvalue weighted by molar-refractivity contribution is 7.21. The molecule has 0 spiro atoms. The van der Waals surface area contributed by atoms with Crippen LogP contribution >= 0.6 is 11.3 Å². The molecule has 4 heterocycles. The van der Waals surface area contributed by atoms with Crippen LogP contribution in [0.5, 0.6) is 0 Å². The Bertz CT molecular complexity index is 1300. The lowest BCUT2D eigenvalue weighted by atomic mass is 9.85. The maximum absolute atomic E-state index is 12.7. The predicted molar refractivity (Wildman–Crippen MR) is 148 cm³/mol. The Morgan fingerprint density at radius 1 is 1.11 bits per heavy atom. The van der Waals surface area contributed by atoms with E-state index in [1.165, 1.54) is 22.5 Å². The molecule has 2 amide bonds. The largest absolute Gasteiger partial charge is 0.444 e. The first-order valence-electron chi connectivity index (χ1n) is 13.1. The minimum Gasteiger partial charge on any atom is -0.444 e. The van der Waals surface area contributed by atoms with E-state index < -0.39 is 5.60 Å². The van der Waals surface area contributed by atoms with Crippen molar-refractivity contribution in [3.05, 3.63) is 58.1 Å². The molecule has 196 valence electrons. The SMILES string of the molecule is Cc1ccc2c(N)c(C(=O)NCCc3ccc(C4CC5CCC(C4)N5C(=O)OC(C)(C)C)cc3)sc2n1. The van der Waals surface area contributed by atoms with Crippen LogP contribution in [0.3, 0.4) is 0 Å². The minimum absolute atomic E-state index is 0.151. The molecular formula is C29H36N4O3S. The minimum atomic E-state index is -0.469. The van der Waals surface area contributed by atoms with Gasteiger partial charge in [-0.2, -0.15) is 0 Å². The lowest BCUT2D eigenvalue weighted by molar-refractivity contribution is 0.00583. The zero-order valence-electron chi connectivity index (χ0n) is 22.0. The summed E-state index contributed by atoms with van der Waals surface area (Å²) in [5, 5.41) is 3.84. The second-order valence-electron chi connectivity index (χ2n) is 11.3. The number of benzene rings is 1. The van der Waals surface area contributed by atoms with Crippen molar-refractivity contribution in [2.45, 2.75) is 83.4 Å². The Morgan fingerprint density at radius 3 is 2.43 bits per heavy atom. The van der Waals surface area contributed by atoms with Gasteiger partial charge in [0.05, 0.1) is 5.69 Å². The number of hydrogen-bond donors (Lipinski definition) is 2. The average Bonchev–Trinajstić information content (AvgIpc) is 3.30. The first kappa shape index (κ1) is 25.5. The van der Waals surface area contributed by atoms with Gasteiger partial charge in [0.1, 0.15) is 15.3 Å². The van der Waals surface area contributed by atoms with Gasteiger partial charge in [-0.3, -0.25) is 4.79 Å². The van der Waals surface area contributed by atoms with Gasteiger partial charge in [0.15, 0.2) is 0 Å². The van der Waals surface area contributed by atoms with Gasteiger partial charge in [-0.1, -0.05) is 24.3 Å². The number of ether oxygens (including phenoxy) is 1. The second-order valence-corrected chi connectivity index (χ2v) is 12.3. The molecule has 2 aromatic heterocycles. The molecule has 2 aliphatic heterocycles. The summed E-state index contributed by atoms with van der Waals surface area (Å²) >= 11 is 1.34. The van der Waals surface area contributed by atoms with Crippen molar-refractivity contribution in [1.29, 1.82) is 0 Å². The molecular weight excluding hydrogens is 484 g/mol. The maximum atomic E-state index is 12.7. The number of carbonyl (C=O) groups excluding carboxylic acids is 2. The van der Waals surface area contributed by atoms with E-state index in [2.05, 4.69) is 34.6 Å². The summed E-state index contributed by atoms with van der Waals surface area (Å²) in [7, 11) is 0. The van der Waals surface area contributed by atoms with Crippen LogP contribution in [0.25, 0.3) is 10.2 Å². The quantitative estimate of drug-likeness (QED) is 0.443. The number of anilines is 1. The standard InChI is InChI=1S/C29H36N4O3S/c1-17-5-12-23-24(30)25(37-27(23)32-17)26(34)31-14-13-18-6-8-19(9-7-18)20-15-21-10-11-22(16-20)33(21)28(35)36-29(2,3)4/h5-9,12,20-22H,10-11,13-16,30H2,1-4H3,(H,31,34). The number of carbonyl (C=O) groups is 2. The number of hydrogen-bond acceptors (Lipinski definition) is 6. The van der Waals surface area contributed by atoms with Gasteiger partial charge in [-0.25, -0.2) is 9.78 Å². The Morgan fingerprint density at radius 2 is 1.78 bits per heavy atom. The lowest BCUT2D eigenvalue weighted by Gasteiger charge is -2.39. The van der Waals surface area contributed by atoms with Crippen LogP contribution in [0.1, 0.15) is 78.9 Å². The van der Waals surface area contributed by atoms with Crippen molar-refractivity contribution in [1.82, 2.24) is 15.2 Å². The zero-order valence-corrected chi connectivity index (χ0v) is 22.9. The summed E-state index contributed by atoms with van der Waals surface area (Å²) in [5.41, 5.74) is 9.67. The van der Waals surface area contributed by atoms with Gasteiger partial charge < -0.3 is 20.7 Å². The summed E-state index contributed by atoms with van der Waals surface area (Å²) in [6, 6.07) is 13.1. The highest BCUT2D eigenvalue weighted by Crippen LogP contribution is 2.43. The van der Waals surface area contributed by atoms with Crippen LogP contribution in [0.15, 0.2) is 36.4 Å². The van der Waals surface area contributed by atoms with Crippen LogP contribution in [0.2, 0.25) is 0 Å². The molecule has 2 aliphatic rings. The third kappa shape index (κ3) is 5.44. The number of pyridine rings is 1. The van der Waals surface area contributed by atoms with Crippen molar-refractivity contribution in [2.24, 2.45) is 0 Å². The van der Waals surface area contributed by atoms with E-state index >= 15 is 0 Å². The van der Waals surface area contributed by atoms with Crippen LogP contribution in [0, 0.1) is 6.92 Å². The smallest absolute Gasteiger partial charge is 0.410 e. The number of aryl methyl sites for hydroxylation is 1. The Kier molecular flexibility index (Phi) is 6.88. The number of nitrogens with one attached hydrogen (secondary N) is 1. The molecule has 0 radical (unpaired) electrons. The average molecular weight is 521 g/mol. The van der Waals surface area contributed by atoms with Gasteiger partial charge in [-0.15, -0.1) is 11.3 Å². The van der Waals surface area contributed by atoms with Crippen molar-refractivity contribution < 1.29 is 14.3 Å². The van der Waals surface area contributed by atoms with Crippen LogP contribution < -0.4 is 11.1 Å². The summed E-state index contributed by atoms with van der Waals surface area (Å²) in [4.78, 5) is 33.3. The highest BCUT2D eigenvalue weighted by Gasteiger charge is 2.45. The highest BCUT2D eigenvalue weighted by atomic mass is 32.1. The molecule has 2 fully saturated rings. The van der Waals surface area contributed by atoms with E-state index in [0.717, 1.165) is 48.0 Å². The molecule has 3 N–H and O–H groups in total. The first-order valence-corrected chi connectivity index (χ1v) is 13.9. The van der Waals surface area contributed by atoms with Gasteiger partial charge in [0.25, 0.3) is 5.91 Å². The van der Waals surface area contributed by atoms with E-state index in [1.807, 2.05) is 44.7 Å². The van der Waals surface area contributed by atoms with Crippen LogP contribution in [-0.4, -0.2) is 46.1 Å². The van der Waals surface area contributed by atoms with Gasteiger partial charge in [0, 0.05) is 29.7 Å². The molecule has 2 unspecified atom stereocenters. The maximum Gasteiger partial charge on any atom is 0.410 e. The van der Waals surface area contributed by atoms with E-state index in [0.29, 0.717) is 23.0 Å². The topological polar surface area (TPSA) is 97.6 Å². The Balaban J connectivity index is 1.15. The van der Waals surface area contributed by atoms with Gasteiger partial charge in [-0.05, 0) is 89.0 Å². The molecule has 0 saturated carbocycles. The number of nitrogens with zero attached hydrogens (tertiary/aromatic N) is 2. The predicted octanol–water partition coefficient (Wildman–Crippen LogP) is 5.80. The lowest BCUT2D eigenvalue weighted by Crippen LogP contribution is -2.48. The summed E-state index contributed by atoms with van der Waals surface area (Å²) < 4.78 is 5.67. The summed E-state index contributed by atoms with van der Waals surface area (Å²) in [5.74, 6) is 0.306. The molecule has 0 aliphatic carbocycles. The van der Waals surface area contributed by atoms with Crippen molar-refractivity contribution in [3.8, 4) is 0 Å². The molecule has 8 heteroatoms. The monoisotopic (exact) mass is 520 g/mol. The molecule has 3 aromatic rings. The normalized spacial score (nSPS) is 21.3. The van der Waals surface area contributed by atoms with Gasteiger partial charge in [0.2, 0.25) is 0 Å². The fraction of sp³-hybridized carbons (Fsp3) is 0.483. The number of rotatable bonds is 5. The number of nitrogen functional groups attached to an aromatic ring is 1. The summed E-state index contributed by atoms with van der Waals surface area (Å²) in [6.45, 7) is 8.23. The molecule has 7 nitrogen and oxygen atoms in total. The molecule has 37 heavy (non-hydrogen) atoms. The fourth-order valence-corrected chi connectivity index (χ4v) is 6.73. The Hall–Kier alpha value is -3.13. The van der Waals surface area contributed by atoms with Gasteiger partial charge >= 0.3 is 6.09 Å². The van der Waals surface area contributed by atoms with Crippen molar-refractivity contribution in [3.63, 3.8) is 0 Å². The number of amides is 2. The first-order chi connectivity index (χ1) is 17.6. The number of aromatic nitrogens is 1. The second kappa shape index (κ2) is 9.97. The molecule has 1 aromatic carbocycles. The van der Waals surface area contributed by atoms with Crippen LogP contribution in [-0.2, 0) is 11.2 Å². The molecule has 2 atom stereocenters. The third-order valence-corrected chi connectivity index (χ3v) is 8.54. The third-order valence-electron chi connectivity index (χ3n) is 7.43. The van der Waals surface area contributed by atoms with E-state index in [-0.39, 0.29) is 24.1 Å². The van der Waals surface area contributed by atoms with Crippen molar-refractivity contribution in [2.75, 3.05) is 12.3 Å². The number of thiophene rings is 1. The summed E-state index contributed by atoms with van der Waals surface area (Å²) in [6.07, 6.45) is 4.65. The molecule has 2 saturated heterocycles. The van der Waals surface area contributed by atoms with E-state index in [1.54, 1.807) is 0 Å². The molecule has 2 bridgehead atoms. The van der Waals surface area contributed by atoms with Crippen molar-refractivity contribution >= 4 is 39.2 Å². The fourth-order valence-electron chi connectivity index (χ4n) is 5.68. The number of piperidine rings is 1. The number of nitrogens with two attached hydrogens (primary N) is 1. The molecule has 5 rings (SSSR count). The zero-order chi connectivity index (χ0) is 26.3. The Labute approximate surface area is 222 Å². The number of fused-ring (bicyclic) bond motifs is 3.